The first-order chi connectivity index (χ1) is 10.8. The number of halogens is 1. The maximum atomic E-state index is 11.3. The SMILES string of the molecule is Cl.O=C(O)C1CCCCN1CCOc1cccc2ccccc12. The van der Waals surface area contributed by atoms with E-state index in [1.807, 2.05) is 35.2 Å². The Hall–Kier alpha value is -1.78. The smallest absolute Gasteiger partial charge is 0.320 e. The average molecular weight is 336 g/mol. The van der Waals surface area contributed by atoms with E-state index in [1.165, 1.54) is 0 Å². The highest BCUT2D eigenvalue weighted by atomic mass is 35.5. The summed E-state index contributed by atoms with van der Waals surface area (Å²) in [6.07, 6.45) is 2.80. The number of fused-ring (bicyclic) bond motifs is 1. The molecule has 0 saturated carbocycles. The van der Waals surface area contributed by atoms with E-state index in [9.17, 15) is 9.90 Å². The Kier molecular flexibility index (Phi) is 6.25. The lowest BCUT2D eigenvalue weighted by Crippen LogP contribution is -2.46. The van der Waals surface area contributed by atoms with Crippen LogP contribution in [0.15, 0.2) is 42.5 Å². The minimum Gasteiger partial charge on any atom is -0.492 e. The number of piperidine rings is 1. The maximum absolute atomic E-state index is 11.3. The van der Waals surface area contributed by atoms with Gasteiger partial charge in [-0.1, -0.05) is 42.8 Å². The van der Waals surface area contributed by atoms with Crippen LogP contribution in [0, 0.1) is 0 Å². The molecule has 0 radical (unpaired) electrons. The number of aliphatic carboxylic acids is 1. The molecule has 0 aliphatic carbocycles. The summed E-state index contributed by atoms with van der Waals surface area (Å²) in [5.41, 5.74) is 0. The molecule has 1 heterocycles. The molecule has 3 rings (SSSR count). The number of benzene rings is 2. The fourth-order valence-corrected chi connectivity index (χ4v) is 3.13. The van der Waals surface area contributed by atoms with Crippen LogP contribution in [0.3, 0.4) is 0 Å². The molecule has 1 N–H and O–H groups in total. The van der Waals surface area contributed by atoms with Gasteiger partial charge in [0.1, 0.15) is 18.4 Å². The highest BCUT2D eigenvalue weighted by molar-refractivity contribution is 5.88. The molecule has 1 fully saturated rings. The van der Waals surface area contributed by atoms with Gasteiger partial charge in [-0.05, 0) is 30.8 Å². The standard InChI is InChI=1S/C18H21NO3.ClH/c20-18(21)16-9-3-4-11-19(16)12-13-22-17-10-5-7-14-6-1-2-8-15(14)17;/h1-2,5-8,10,16H,3-4,9,11-13H2,(H,20,21);1H. The fourth-order valence-electron chi connectivity index (χ4n) is 3.13. The monoisotopic (exact) mass is 335 g/mol. The largest absolute Gasteiger partial charge is 0.492 e. The Balaban J connectivity index is 0.00000192. The molecule has 2 aromatic rings. The highest BCUT2D eigenvalue weighted by Gasteiger charge is 2.27. The van der Waals surface area contributed by atoms with Gasteiger partial charge >= 0.3 is 5.97 Å². The molecule has 0 bridgehead atoms. The number of carboxylic acids is 1. The van der Waals surface area contributed by atoms with Crippen LogP contribution in [-0.4, -0.2) is 41.7 Å². The van der Waals surface area contributed by atoms with Crippen molar-refractivity contribution >= 4 is 29.1 Å². The average Bonchev–Trinajstić information content (AvgIpc) is 2.55. The normalized spacial score (nSPS) is 18.3. The van der Waals surface area contributed by atoms with E-state index >= 15 is 0 Å². The zero-order valence-electron chi connectivity index (χ0n) is 13.0. The molecule has 1 aliphatic heterocycles. The summed E-state index contributed by atoms with van der Waals surface area (Å²) < 4.78 is 5.92. The number of ether oxygens (including phenoxy) is 1. The predicted octanol–water partition coefficient (Wildman–Crippen LogP) is 3.58. The minimum atomic E-state index is -0.718. The number of hydrogen-bond donors (Lipinski definition) is 1. The lowest BCUT2D eigenvalue weighted by Gasteiger charge is -2.32. The molecule has 2 aromatic carbocycles. The van der Waals surface area contributed by atoms with Crippen molar-refractivity contribution in [2.75, 3.05) is 19.7 Å². The number of carboxylic acid groups (broad SMARTS) is 1. The lowest BCUT2D eigenvalue weighted by molar-refractivity contribution is -0.144. The molecule has 1 saturated heterocycles. The quantitative estimate of drug-likeness (QED) is 0.907. The van der Waals surface area contributed by atoms with Crippen molar-refractivity contribution in [1.82, 2.24) is 4.90 Å². The molecule has 124 valence electrons. The third-order valence-electron chi connectivity index (χ3n) is 4.28. The second-order valence-electron chi connectivity index (χ2n) is 5.71. The Morgan fingerprint density at radius 3 is 2.78 bits per heavy atom. The summed E-state index contributed by atoms with van der Waals surface area (Å²) in [7, 11) is 0. The van der Waals surface area contributed by atoms with Gasteiger partial charge in [0, 0.05) is 11.9 Å². The minimum absolute atomic E-state index is 0. The van der Waals surface area contributed by atoms with Gasteiger partial charge in [-0.15, -0.1) is 12.4 Å². The molecule has 5 heteroatoms. The Morgan fingerprint density at radius 1 is 1.17 bits per heavy atom. The van der Waals surface area contributed by atoms with E-state index in [1.54, 1.807) is 0 Å². The second kappa shape index (κ2) is 8.18. The number of carbonyl (C=O) groups is 1. The Bertz CT molecular complexity index is 656. The second-order valence-corrected chi connectivity index (χ2v) is 5.71. The molecule has 0 amide bonds. The number of nitrogens with zero attached hydrogens (tertiary/aromatic N) is 1. The van der Waals surface area contributed by atoms with Crippen LogP contribution >= 0.6 is 12.4 Å². The van der Waals surface area contributed by atoms with Gasteiger partial charge < -0.3 is 9.84 Å². The van der Waals surface area contributed by atoms with E-state index in [-0.39, 0.29) is 18.4 Å². The summed E-state index contributed by atoms with van der Waals surface area (Å²) in [4.78, 5) is 13.3. The van der Waals surface area contributed by atoms with Crippen molar-refractivity contribution < 1.29 is 14.6 Å². The molecular weight excluding hydrogens is 314 g/mol. The van der Waals surface area contributed by atoms with Gasteiger partial charge in [0.2, 0.25) is 0 Å². The number of hydrogen-bond acceptors (Lipinski definition) is 3. The highest BCUT2D eigenvalue weighted by Crippen LogP contribution is 2.25. The maximum Gasteiger partial charge on any atom is 0.320 e. The van der Waals surface area contributed by atoms with Gasteiger partial charge in [0.15, 0.2) is 0 Å². The molecular formula is C18H22ClNO3. The molecule has 1 unspecified atom stereocenters. The topological polar surface area (TPSA) is 49.8 Å². The van der Waals surface area contributed by atoms with Crippen molar-refractivity contribution in [2.24, 2.45) is 0 Å². The van der Waals surface area contributed by atoms with Crippen molar-refractivity contribution in [3.8, 4) is 5.75 Å². The van der Waals surface area contributed by atoms with E-state index in [0.29, 0.717) is 13.2 Å². The first kappa shape index (κ1) is 17.6. The zero-order valence-corrected chi connectivity index (χ0v) is 13.8. The van der Waals surface area contributed by atoms with Crippen LogP contribution in [0.2, 0.25) is 0 Å². The summed E-state index contributed by atoms with van der Waals surface area (Å²) in [5.74, 6) is 0.145. The zero-order chi connectivity index (χ0) is 15.4. The Morgan fingerprint density at radius 2 is 1.96 bits per heavy atom. The van der Waals surface area contributed by atoms with Gasteiger partial charge in [-0.2, -0.15) is 0 Å². The van der Waals surface area contributed by atoms with Gasteiger partial charge in [0.05, 0.1) is 0 Å². The molecule has 0 spiro atoms. The van der Waals surface area contributed by atoms with Gasteiger partial charge in [-0.25, -0.2) is 0 Å². The Labute approximate surface area is 142 Å². The number of rotatable bonds is 5. The van der Waals surface area contributed by atoms with Crippen molar-refractivity contribution in [2.45, 2.75) is 25.3 Å². The lowest BCUT2D eigenvalue weighted by atomic mass is 10.0. The molecule has 0 aromatic heterocycles. The first-order valence-corrected chi connectivity index (χ1v) is 7.83. The third-order valence-corrected chi connectivity index (χ3v) is 4.28. The van der Waals surface area contributed by atoms with Crippen molar-refractivity contribution in [3.05, 3.63) is 42.5 Å². The molecule has 23 heavy (non-hydrogen) atoms. The van der Waals surface area contributed by atoms with E-state index in [0.717, 1.165) is 42.3 Å². The van der Waals surface area contributed by atoms with Crippen LogP contribution in [0.1, 0.15) is 19.3 Å². The van der Waals surface area contributed by atoms with Crippen LogP contribution in [0.5, 0.6) is 5.75 Å². The summed E-state index contributed by atoms with van der Waals surface area (Å²) in [6.45, 7) is 2.01. The van der Waals surface area contributed by atoms with E-state index in [2.05, 4.69) is 12.1 Å². The fraction of sp³-hybridized carbons (Fsp3) is 0.389. The van der Waals surface area contributed by atoms with Crippen molar-refractivity contribution in [1.29, 1.82) is 0 Å². The molecule has 4 nitrogen and oxygen atoms in total. The van der Waals surface area contributed by atoms with Crippen molar-refractivity contribution in [3.63, 3.8) is 0 Å². The van der Waals surface area contributed by atoms with Crippen LogP contribution in [0.4, 0.5) is 0 Å². The third kappa shape index (κ3) is 4.15. The number of likely N-dealkylation sites (tertiary alicyclic amines) is 1. The summed E-state index contributed by atoms with van der Waals surface area (Å²) in [5, 5.41) is 11.5. The predicted molar refractivity (Wildman–Crippen MR) is 93.5 cm³/mol. The molecule has 1 atom stereocenters. The van der Waals surface area contributed by atoms with E-state index in [4.69, 9.17) is 4.74 Å². The van der Waals surface area contributed by atoms with E-state index < -0.39 is 5.97 Å². The van der Waals surface area contributed by atoms with Crippen LogP contribution < -0.4 is 4.74 Å². The van der Waals surface area contributed by atoms with Crippen LogP contribution in [0.25, 0.3) is 10.8 Å². The van der Waals surface area contributed by atoms with Gasteiger partial charge in [-0.3, -0.25) is 9.69 Å². The van der Waals surface area contributed by atoms with Gasteiger partial charge in [0.25, 0.3) is 0 Å². The van der Waals surface area contributed by atoms with Crippen LogP contribution in [-0.2, 0) is 4.79 Å². The first-order valence-electron chi connectivity index (χ1n) is 7.83. The summed E-state index contributed by atoms with van der Waals surface area (Å²) in [6, 6.07) is 13.8. The molecule has 1 aliphatic rings. The summed E-state index contributed by atoms with van der Waals surface area (Å²) >= 11 is 0.